The minimum Gasteiger partial charge on any atom is -0.378 e. The van der Waals surface area contributed by atoms with Gasteiger partial charge in [-0.1, -0.05) is 44.2 Å². The molecule has 2 amide bonds. The van der Waals surface area contributed by atoms with Gasteiger partial charge < -0.3 is 9.80 Å². The predicted molar refractivity (Wildman–Crippen MR) is 175 cm³/mol. The number of hydrazone groups is 2. The fourth-order valence-electron chi connectivity index (χ4n) is 3.90. The molecule has 0 fully saturated rings. The lowest BCUT2D eigenvalue weighted by Gasteiger charge is -2.12. The highest BCUT2D eigenvalue weighted by Gasteiger charge is 2.07. The number of amides is 2. The van der Waals surface area contributed by atoms with Crippen molar-refractivity contribution in [1.82, 2.24) is 10.9 Å². The topological polar surface area (TPSA) is 89.4 Å². The molecular formula is C34H38N6O2. The van der Waals surface area contributed by atoms with Crippen LogP contribution in [0.5, 0.6) is 0 Å². The minimum atomic E-state index is -0.302. The van der Waals surface area contributed by atoms with E-state index in [9.17, 15) is 9.59 Å². The van der Waals surface area contributed by atoms with Crippen molar-refractivity contribution in [2.45, 2.75) is 13.8 Å². The van der Waals surface area contributed by atoms with Crippen LogP contribution in [-0.2, 0) is 0 Å². The second-order valence-electron chi connectivity index (χ2n) is 9.54. The van der Waals surface area contributed by atoms with Crippen LogP contribution in [0, 0.1) is 0 Å². The highest BCUT2D eigenvalue weighted by molar-refractivity contribution is 5.97. The van der Waals surface area contributed by atoms with Gasteiger partial charge in [-0.05, 0) is 89.0 Å². The number of benzene rings is 4. The van der Waals surface area contributed by atoms with Gasteiger partial charge in [0.2, 0.25) is 0 Å². The summed E-state index contributed by atoms with van der Waals surface area (Å²) >= 11 is 0. The molecule has 2 N–H and O–H groups in total. The first-order valence-corrected chi connectivity index (χ1v) is 13.7. The molecule has 0 saturated carbocycles. The zero-order chi connectivity index (χ0) is 30.5. The lowest BCUT2D eigenvalue weighted by Crippen LogP contribution is -2.18. The quantitative estimate of drug-likeness (QED) is 0.192. The Bertz CT molecular complexity index is 1420. The van der Waals surface area contributed by atoms with Gasteiger partial charge in [-0.25, -0.2) is 10.9 Å². The number of hydrogen-bond acceptors (Lipinski definition) is 6. The third-order valence-electron chi connectivity index (χ3n) is 6.14. The summed E-state index contributed by atoms with van der Waals surface area (Å²) in [5, 5.41) is 8.33. The molecule has 42 heavy (non-hydrogen) atoms. The van der Waals surface area contributed by atoms with Gasteiger partial charge in [0.15, 0.2) is 0 Å². The molecule has 0 aliphatic heterocycles. The normalized spacial score (nSPS) is 10.6. The Balaban J connectivity index is 0.00000237. The second-order valence-corrected chi connectivity index (χ2v) is 9.54. The molecule has 0 radical (unpaired) electrons. The van der Waals surface area contributed by atoms with Crippen molar-refractivity contribution in [2.75, 3.05) is 38.0 Å². The maximum atomic E-state index is 12.5. The van der Waals surface area contributed by atoms with Crippen molar-refractivity contribution in [3.05, 3.63) is 119 Å². The fourth-order valence-corrected chi connectivity index (χ4v) is 3.90. The maximum Gasteiger partial charge on any atom is 0.271 e. The van der Waals surface area contributed by atoms with Crippen LogP contribution in [0.2, 0.25) is 0 Å². The van der Waals surface area contributed by atoms with E-state index in [4.69, 9.17) is 0 Å². The Labute approximate surface area is 248 Å². The number of nitrogens with zero attached hydrogens (tertiary/aromatic N) is 4. The van der Waals surface area contributed by atoms with Crippen LogP contribution in [0.4, 0.5) is 11.4 Å². The molecule has 4 aromatic rings. The van der Waals surface area contributed by atoms with Gasteiger partial charge in [0.1, 0.15) is 0 Å². The lowest BCUT2D eigenvalue weighted by atomic mass is 10.0. The van der Waals surface area contributed by atoms with Gasteiger partial charge >= 0.3 is 0 Å². The van der Waals surface area contributed by atoms with Crippen LogP contribution in [0.1, 0.15) is 45.7 Å². The van der Waals surface area contributed by atoms with Gasteiger partial charge in [0.25, 0.3) is 11.8 Å². The molecule has 8 nitrogen and oxygen atoms in total. The van der Waals surface area contributed by atoms with E-state index in [2.05, 4.69) is 21.1 Å². The van der Waals surface area contributed by atoms with E-state index >= 15 is 0 Å². The van der Waals surface area contributed by atoms with Gasteiger partial charge in [0, 0.05) is 50.7 Å². The van der Waals surface area contributed by atoms with Crippen LogP contribution in [-0.4, -0.2) is 52.4 Å². The zero-order valence-electron chi connectivity index (χ0n) is 25.0. The summed E-state index contributed by atoms with van der Waals surface area (Å²) in [6, 6.07) is 30.3. The molecule has 0 aromatic heterocycles. The Morgan fingerprint density at radius 1 is 0.571 bits per heavy atom. The summed E-state index contributed by atoms with van der Waals surface area (Å²) in [7, 11) is 7.78. The summed E-state index contributed by atoms with van der Waals surface area (Å²) in [5.74, 6) is -0.604. The second kappa shape index (κ2) is 15.5. The van der Waals surface area contributed by atoms with Crippen LogP contribution in [0.25, 0.3) is 11.1 Å². The molecule has 216 valence electrons. The summed E-state index contributed by atoms with van der Waals surface area (Å²) in [5.41, 5.74) is 11.7. The number of anilines is 2. The lowest BCUT2D eigenvalue weighted by molar-refractivity contribution is 0.0947. The monoisotopic (exact) mass is 562 g/mol. The predicted octanol–water partition coefficient (Wildman–Crippen LogP) is 6.04. The van der Waals surface area contributed by atoms with Crippen molar-refractivity contribution in [3.8, 4) is 11.1 Å². The Morgan fingerprint density at radius 2 is 0.976 bits per heavy atom. The van der Waals surface area contributed by atoms with Crippen LogP contribution < -0.4 is 20.7 Å². The van der Waals surface area contributed by atoms with Crippen LogP contribution >= 0.6 is 0 Å². The van der Waals surface area contributed by atoms with Gasteiger partial charge in [-0.15, -0.1) is 0 Å². The standard InChI is InChI=1S/C32H32N6O2.C2H6/c1-37(2)29-14-10-26(11-15-29)31(39)35-33-21-23-18-24(20-28(19-23)25-8-6-5-7-9-25)22-34-36-32(40)27-12-16-30(17-13-27)38(3)4;1-2/h5-22H,1-4H3,(H,35,39)(H,36,40);1-2H3/b33-21+,34-22+;. The molecule has 0 spiro atoms. The fraction of sp³-hybridized carbons (Fsp3) is 0.176. The first-order valence-electron chi connectivity index (χ1n) is 13.7. The number of carbonyl (C=O) groups is 2. The first kappa shape index (κ1) is 31.3. The smallest absolute Gasteiger partial charge is 0.271 e. The Kier molecular flexibility index (Phi) is 11.6. The van der Waals surface area contributed by atoms with E-state index in [1.165, 1.54) is 0 Å². The molecule has 0 aliphatic rings. The summed E-state index contributed by atoms with van der Waals surface area (Å²) in [6.07, 6.45) is 3.17. The maximum absolute atomic E-state index is 12.5. The van der Waals surface area contributed by atoms with E-state index in [-0.39, 0.29) is 11.8 Å². The molecule has 0 saturated heterocycles. The molecule has 8 heteroatoms. The van der Waals surface area contributed by atoms with Gasteiger partial charge in [0.05, 0.1) is 12.4 Å². The zero-order valence-corrected chi connectivity index (χ0v) is 25.0. The largest absolute Gasteiger partial charge is 0.378 e. The number of carbonyl (C=O) groups excluding carboxylic acids is 2. The Morgan fingerprint density at radius 3 is 1.36 bits per heavy atom. The molecule has 4 aromatic carbocycles. The third kappa shape index (κ3) is 8.89. The highest BCUT2D eigenvalue weighted by Crippen LogP contribution is 2.21. The molecular weight excluding hydrogens is 524 g/mol. The van der Waals surface area contributed by atoms with E-state index < -0.39 is 0 Å². The Hall–Kier alpha value is -5.24. The summed E-state index contributed by atoms with van der Waals surface area (Å²) in [4.78, 5) is 29.0. The molecule has 0 unspecified atom stereocenters. The highest BCUT2D eigenvalue weighted by atomic mass is 16.2. The minimum absolute atomic E-state index is 0.302. The number of hydrogen-bond donors (Lipinski definition) is 2. The SMILES string of the molecule is CC.CN(C)c1ccc(C(=O)N/N=C/c2cc(/C=N/NC(=O)c3ccc(N(C)C)cc3)cc(-c3ccccc3)c2)cc1. The van der Waals surface area contributed by atoms with Gasteiger partial charge in [-0.2, -0.15) is 10.2 Å². The van der Waals surface area contributed by atoms with E-state index in [0.29, 0.717) is 11.1 Å². The molecule has 0 heterocycles. The first-order chi connectivity index (χ1) is 20.3. The average molecular weight is 563 g/mol. The van der Waals surface area contributed by atoms with E-state index in [0.717, 1.165) is 33.6 Å². The van der Waals surface area contributed by atoms with Crippen molar-refractivity contribution >= 4 is 35.6 Å². The molecule has 0 bridgehead atoms. The van der Waals surface area contributed by atoms with Crippen molar-refractivity contribution in [1.29, 1.82) is 0 Å². The molecule has 0 aliphatic carbocycles. The summed E-state index contributed by atoms with van der Waals surface area (Å²) in [6.45, 7) is 4.00. The number of rotatable bonds is 9. The average Bonchev–Trinajstić information content (AvgIpc) is 3.02. The van der Waals surface area contributed by atoms with E-state index in [1.807, 2.05) is 125 Å². The number of nitrogens with one attached hydrogen (secondary N) is 2. The summed E-state index contributed by atoms with van der Waals surface area (Å²) < 4.78 is 0. The molecule has 4 rings (SSSR count). The van der Waals surface area contributed by atoms with Crippen LogP contribution in [0.3, 0.4) is 0 Å². The van der Waals surface area contributed by atoms with Crippen molar-refractivity contribution in [2.24, 2.45) is 10.2 Å². The van der Waals surface area contributed by atoms with E-state index in [1.54, 1.807) is 36.7 Å². The van der Waals surface area contributed by atoms with Crippen molar-refractivity contribution in [3.63, 3.8) is 0 Å². The van der Waals surface area contributed by atoms with Gasteiger partial charge in [-0.3, -0.25) is 9.59 Å². The third-order valence-corrected chi connectivity index (χ3v) is 6.14. The molecule has 0 atom stereocenters. The van der Waals surface area contributed by atoms with Crippen molar-refractivity contribution < 1.29 is 9.59 Å². The van der Waals surface area contributed by atoms with Crippen LogP contribution in [0.15, 0.2) is 107 Å².